The highest BCUT2D eigenvalue weighted by Crippen LogP contribution is 2.11. The zero-order valence-electron chi connectivity index (χ0n) is 10.4. The maximum absolute atomic E-state index is 11.1. The van der Waals surface area contributed by atoms with Crippen molar-refractivity contribution >= 4 is 11.9 Å². The Labute approximate surface area is 106 Å². The lowest BCUT2D eigenvalue weighted by Gasteiger charge is -2.27. The Bertz CT molecular complexity index is 268. The monoisotopic (exact) mass is 263 g/mol. The molecule has 18 heavy (non-hydrogen) atoms. The first-order valence-corrected chi connectivity index (χ1v) is 5.93. The van der Waals surface area contributed by atoms with Crippen LogP contribution in [0.5, 0.6) is 0 Å². The molecule has 0 aromatic carbocycles. The van der Waals surface area contributed by atoms with Gasteiger partial charge in [-0.15, -0.1) is 0 Å². The predicted molar refractivity (Wildman–Crippen MR) is 63.0 cm³/mol. The summed E-state index contributed by atoms with van der Waals surface area (Å²) in [4.78, 5) is 22.8. The van der Waals surface area contributed by atoms with Gasteiger partial charge >= 0.3 is 11.9 Å². The molecule has 0 saturated heterocycles. The number of hydrogen-bond acceptors (Lipinski definition) is 5. The van der Waals surface area contributed by atoms with Crippen molar-refractivity contribution in [1.82, 2.24) is 4.90 Å². The molecule has 106 valence electrons. The van der Waals surface area contributed by atoms with Crippen molar-refractivity contribution in [1.29, 1.82) is 0 Å². The Hall–Kier alpha value is -1.18. The zero-order valence-corrected chi connectivity index (χ0v) is 10.4. The van der Waals surface area contributed by atoms with Gasteiger partial charge in [-0.3, -0.25) is 14.5 Å². The topological polar surface area (TPSA) is 118 Å². The number of unbranched alkanes of at least 4 members (excludes halogenated alkanes) is 2. The van der Waals surface area contributed by atoms with Gasteiger partial charge in [-0.2, -0.15) is 0 Å². The van der Waals surface area contributed by atoms with Crippen molar-refractivity contribution in [2.45, 2.75) is 44.9 Å². The molecule has 0 rings (SSSR count). The molecule has 0 amide bonds. The quantitative estimate of drug-likeness (QED) is 0.316. The zero-order chi connectivity index (χ0) is 14.1. The summed E-state index contributed by atoms with van der Waals surface area (Å²) in [5.41, 5.74) is 0. The molecular formula is C11H21NO6. The number of aliphatic hydroxyl groups is 2. The number of aliphatic hydroxyl groups excluding tert-OH is 1. The molecule has 0 aliphatic carbocycles. The number of nitrogens with zero attached hydrogens (tertiary/aromatic N) is 1. The van der Waals surface area contributed by atoms with Crippen molar-refractivity contribution in [3.63, 3.8) is 0 Å². The van der Waals surface area contributed by atoms with Crippen LogP contribution < -0.4 is 0 Å². The maximum Gasteiger partial charge on any atom is 0.320 e. The van der Waals surface area contributed by atoms with Crippen molar-refractivity contribution < 1.29 is 30.0 Å². The van der Waals surface area contributed by atoms with Gasteiger partial charge in [0.1, 0.15) is 6.04 Å². The van der Waals surface area contributed by atoms with Gasteiger partial charge in [0.15, 0.2) is 6.29 Å². The van der Waals surface area contributed by atoms with E-state index in [1.54, 1.807) is 0 Å². The highest BCUT2D eigenvalue weighted by atomic mass is 16.5. The highest BCUT2D eigenvalue weighted by Gasteiger charge is 2.27. The van der Waals surface area contributed by atoms with E-state index in [1.165, 1.54) is 0 Å². The molecule has 0 heterocycles. The van der Waals surface area contributed by atoms with Crippen molar-refractivity contribution in [3.05, 3.63) is 0 Å². The molecule has 0 saturated carbocycles. The summed E-state index contributed by atoms with van der Waals surface area (Å²) >= 11 is 0. The molecular weight excluding hydrogens is 242 g/mol. The van der Waals surface area contributed by atoms with Gasteiger partial charge in [-0.05, 0) is 6.42 Å². The lowest BCUT2D eigenvalue weighted by Crippen LogP contribution is -2.47. The third-order valence-corrected chi connectivity index (χ3v) is 2.54. The number of carbonyl (C=O) groups is 2. The second-order valence-corrected chi connectivity index (χ2v) is 4.15. The van der Waals surface area contributed by atoms with E-state index in [1.807, 2.05) is 6.92 Å². The van der Waals surface area contributed by atoms with Gasteiger partial charge in [0.05, 0.1) is 13.1 Å². The average molecular weight is 263 g/mol. The van der Waals surface area contributed by atoms with Gasteiger partial charge < -0.3 is 20.4 Å². The molecule has 1 atom stereocenters. The molecule has 7 nitrogen and oxygen atoms in total. The van der Waals surface area contributed by atoms with E-state index in [9.17, 15) is 9.59 Å². The SMILES string of the molecule is CCCCCC(C(=O)O)N(CC(=O)O)CC(O)O. The standard InChI is InChI=1S/C11H21NO6/c1-2-3-4-5-8(11(17)18)12(6-9(13)14)7-10(15)16/h8-9,13-14H,2-7H2,1H3,(H,15,16)(H,17,18). The van der Waals surface area contributed by atoms with Crippen LogP contribution in [0.25, 0.3) is 0 Å². The number of carboxylic acids is 2. The van der Waals surface area contributed by atoms with Crippen LogP contribution in [0.15, 0.2) is 0 Å². The number of rotatable bonds is 10. The van der Waals surface area contributed by atoms with Crippen LogP contribution in [0.3, 0.4) is 0 Å². The van der Waals surface area contributed by atoms with Crippen LogP contribution in [0.2, 0.25) is 0 Å². The van der Waals surface area contributed by atoms with E-state index in [4.69, 9.17) is 20.4 Å². The first-order chi connectivity index (χ1) is 8.38. The summed E-state index contributed by atoms with van der Waals surface area (Å²) in [5, 5.41) is 35.5. The lowest BCUT2D eigenvalue weighted by molar-refractivity contribution is -0.150. The van der Waals surface area contributed by atoms with Gasteiger partial charge in [-0.1, -0.05) is 26.2 Å². The summed E-state index contributed by atoms with van der Waals surface area (Å²) in [5.74, 6) is -2.34. The van der Waals surface area contributed by atoms with Gasteiger partial charge in [0, 0.05) is 0 Å². The second-order valence-electron chi connectivity index (χ2n) is 4.15. The minimum Gasteiger partial charge on any atom is -0.480 e. The maximum atomic E-state index is 11.1. The van der Waals surface area contributed by atoms with E-state index in [0.717, 1.165) is 17.7 Å². The average Bonchev–Trinajstić information content (AvgIpc) is 2.21. The van der Waals surface area contributed by atoms with Crippen LogP contribution in [-0.2, 0) is 9.59 Å². The van der Waals surface area contributed by atoms with Crippen molar-refractivity contribution in [2.75, 3.05) is 13.1 Å². The molecule has 0 aliphatic rings. The molecule has 4 N–H and O–H groups in total. The van der Waals surface area contributed by atoms with Crippen LogP contribution in [0.4, 0.5) is 0 Å². The molecule has 0 radical (unpaired) electrons. The summed E-state index contributed by atoms with van der Waals surface area (Å²) < 4.78 is 0. The second kappa shape index (κ2) is 8.84. The summed E-state index contributed by atoms with van der Waals surface area (Å²) in [6.45, 7) is 1.05. The lowest BCUT2D eigenvalue weighted by atomic mass is 10.1. The summed E-state index contributed by atoms with van der Waals surface area (Å²) in [6, 6.07) is -1.01. The Morgan fingerprint density at radius 3 is 2.17 bits per heavy atom. The van der Waals surface area contributed by atoms with Crippen molar-refractivity contribution in [3.8, 4) is 0 Å². The van der Waals surface area contributed by atoms with Gasteiger partial charge in [-0.25, -0.2) is 0 Å². The Kier molecular flexibility index (Phi) is 8.27. The third-order valence-electron chi connectivity index (χ3n) is 2.54. The number of aliphatic carboxylic acids is 2. The molecule has 0 bridgehead atoms. The first kappa shape index (κ1) is 16.8. The van der Waals surface area contributed by atoms with Gasteiger partial charge in [0.25, 0.3) is 0 Å². The largest absolute Gasteiger partial charge is 0.480 e. The molecule has 0 aliphatic heterocycles. The molecule has 0 aromatic heterocycles. The van der Waals surface area contributed by atoms with E-state index in [-0.39, 0.29) is 0 Å². The van der Waals surface area contributed by atoms with Crippen LogP contribution in [0.1, 0.15) is 32.6 Å². The molecule has 7 heteroatoms. The Balaban J connectivity index is 4.62. The fourth-order valence-electron chi connectivity index (χ4n) is 1.74. The van der Waals surface area contributed by atoms with E-state index in [0.29, 0.717) is 12.8 Å². The minimum absolute atomic E-state index is 0.295. The Morgan fingerprint density at radius 2 is 1.78 bits per heavy atom. The van der Waals surface area contributed by atoms with E-state index in [2.05, 4.69) is 0 Å². The first-order valence-electron chi connectivity index (χ1n) is 5.93. The van der Waals surface area contributed by atoms with Crippen LogP contribution in [-0.4, -0.2) is 62.7 Å². The Morgan fingerprint density at radius 1 is 1.17 bits per heavy atom. The smallest absolute Gasteiger partial charge is 0.320 e. The fourth-order valence-corrected chi connectivity index (χ4v) is 1.74. The molecule has 0 spiro atoms. The highest BCUT2D eigenvalue weighted by molar-refractivity contribution is 5.75. The number of carboxylic acid groups (broad SMARTS) is 2. The molecule has 0 fully saturated rings. The van der Waals surface area contributed by atoms with Crippen molar-refractivity contribution in [2.24, 2.45) is 0 Å². The van der Waals surface area contributed by atoms with E-state index >= 15 is 0 Å². The third kappa shape index (κ3) is 7.21. The van der Waals surface area contributed by atoms with Crippen LogP contribution >= 0.6 is 0 Å². The number of hydrogen-bond donors (Lipinski definition) is 4. The molecule has 0 aromatic rings. The normalized spacial score (nSPS) is 12.9. The fraction of sp³-hybridized carbons (Fsp3) is 0.818. The molecule has 1 unspecified atom stereocenters. The minimum atomic E-state index is -1.75. The van der Waals surface area contributed by atoms with Crippen LogP contribution in [0, 0.1) is 0 Å². The summed E-state index contributed by atoms with van der Waals surface area (Å²) in [7, 11) is 0. The van der Waals surface area contributed by atoms with Gasteiger partial charge in [0.2, 0.25) is 0 Å². The predicted octanol–water partition coefficient (Wildman–Crippen LogP) is -0.283. The van der Waals surface area contributed by atoms with E-state index < -0.39 is 37.4 Å². The summed E-state index contributed by atoms with van der Waals surface area (Å²) in [6.07, 6.45) is 0.978.